The van der Waals surface area contributed by atoms with Gasteiger partial charge in [0.2, 0.25) is 5.91 Å². The lowest BCUT2D eigenvalue weighted by Crippen LogP contribution is -2.53. The highest BCUT2D eigenvalue weighted by atomic mass is 19.1. The summed E-state index contributed by atoms with van der Waals surface area (Å²) in [6.45, 7) is 4.31. The van der Waals surface area contributed by atoms with Gasteiger partial charge in [0.25, 0.3) is 5.91 Å². The number of carbonyl (C=O) groups excluding carboxylic acids is 2. The van der Waals surface area contributed by atoms with Crippen molar-refractivity contribution in [2.24, 2.45) is 17.6 Å². The summed E-state index contributed by atoms with van der Waals surface area (Å²) in [6, 6.07) is 4.70. The van der Waals surface area contributed by atoms with Gasteiger partial charge in [-0.3, -0.25) is 9.59 Å². The van der Waals surface area contributed by atoms with Crippen LogP contribution in [0.25, 0.3) is 0 Å². The van der Waals surface area contributed by atoms with Crippen LogP contribution in [0.3, 0.4) is 0 Å². The third kappa shape index (κ3) is 4.54. The van der Waals surface area contributed by atoms with Crippen molar-refractivity contribution < 1.29 is 14.0 Å². The maximum atomic E-state index is 13.0. The molecular formula is C18H26FN3O2. The van der Waals surface area contributed by atoms with E-state index in [-0.39, 0.29) is 23.8 Å². The van der Waals surface area contributed by atoms with Crippen LogP contribution in [0.15, 0.2) is 24.3 Å². The van der Waals surface area contributed by atoms with Gasteiger partial charge in [0.15, 0.2) is 0 Å². The Morgan fingerprint density at radius 2 is 1.92 bits per heavy atom. The van der Waals surface area contributed by atoms with Crippen molar-refractivity contribution in [1.82, 2.24) is 10.6 Å². The molecule has 0 spiro atoms. The van der Waals surface area contributed by atoms with E-state index in [2.05, 4.69) is 10.6 Å². The van der Waals surface area contributed by atoms with E-state index in [9.17, 15) is 14.0 Å². The smallest absolute Gasteiger partial charge is 0.251 e. The van der Waals surface area contributed by atoms with Crippen LogP contribution in [0.1, 0.15) is 43.5 Å². The molecule has 5 nitrogen and oxygen atoms in total. The Balaban J connectivity index is 2.01. The second-order valence-electron chi connectivity index (χ2n) is 6.74. The third-order valence-corrected chi connectivity index (χ3v) is 4.63. The number of hydrogen-bond acceptors (Lipinski definition) is 3. The summed E-state index contributed by atoms with van der Waals surface area (Å²) >= 11 is 0. The van der Waals surface area contributed by atoms with Crippen LogP contribution in [0, 0.1) is 17.7 Å². The topological polar surface area (TPSA) is 84.2 Å². The van der Waals surface area contributed by atoms with Gasteiger partial charge in [-0.05, 0) is 55.5 Å². The minimum Gasteiger partial charge on any atom is -0.351 e. The number of rotatable bonds is 6. The van der Waals surface area contributed by atoms with Crippen molar-refractivity contribution in [3.8, 4) is 0 Å². The van der Waals surface area contributed by atoms with Gasteiger partial charge in [-0.25, -0.2) is 4.39 Å². The number of benzene rings is 1. The van der Waals surface area contributed by atoms with E-state index < -0.39 is 11.9 Å². The maximum absolute atomic E-state index is 13.0. The first kappa shape index (κ1) is 18.4. The normalized spacial score (nSPS) is 21.5. The molecule has 0 bridgehead atoms. The summed E-state index contributed by atoms with van der Waals surface area (Å²) in [5.74, 6) is -0.739. The zero-order valence-electron chi connectivity index (χ0n) is 14.2. The van der Waals surface area contributed by atoms with Crippen LogP contribution >= 0.6 is 0 Å². The van der Waals surface area contributed by atoms with Gasteiger partial charge >= 0.3 is 0 Å². The molecule has 4 N–H and O–H groups in total. The first-order valence-electron chi connectivity index (χ1n) is 8.49. The Morgan fingerprint density at radius 3 is 2.50 bits per heavy atom. The minimum atomic E-state index is -0.637. The second kappa shape index (κ2) is 8.24. The highest BCUT2D eigenvalue weighted by Crippen LogP contribution is 2.24. The summed E-state index contributed by atoms with van der Waals surface area (Å²) < 4.78 is 13.0. The molecule has 1 saturated carbocycles. The van der Waals surface area contributed by atoms with Gasteiger partial charge in [-0.15, -0.1) is 0 Å². The largest absolute Gasteiger partial charge is 0.351 e. The van der Waals surface area contributed by atoms with Crippen LogP contribution in [0.4, 0.5) is 4.39 Å². The van der Waals surface area contributed by atoms with Crippen molar-refractivity contribution in [2.75, 3.05) is 6.54 Å². The summed E-state index contributed by atoms with van der Waals surface area (Å²) in [7, 11) is 0. The lowest BCUT2D eigenvalue weighted by Gasteiger charge is -2.26. The van der Waals surface area contributed by atoms with Gasteiger partial charge in [-0.1, -0.05) is 20.3 Å². The van der Waals surface area contributed by atoms with Crippen molar-refractivity contribution in [3.63, 3.8) is 0 Å². The molecule has 1 fully saturated rings. The number of amides is 2. The quantitative estimate of drug-likeness (QED) is 0.741. The van der Waals surface area contributed by atoms with Gasteiger partial charge in [0.1, 0.15) is 11.9 Å². The van der Waals surface area contributed by atoms with Crippen LogP contribution < -0.4 is 16.4 Å². The van der Waals surface area contributed by atoms with Crippen LogP contribution in [0.5, 0.6) is 0 Å². The zero-order valence-corrected chi connectivity index (χ0v) is 14.2. The Morgan fingerprint density at radius 1 is 1.25 bits per heavy atom. The molecule has 3 unspecified atom stereocenters. The minimum absolute atomic E-state index is 0.0628. The predicted octanol–water partition coefficient (Wildman–Crippen LogP) is 1.82. The molecular weight excluding hydrogens is 309 g/mol. The van der Waals surface area contributed by atoms with Crippen molar-refractivity contribution in [3.05, 3.63) is 35.6 Å². The Bertz CT molecular complexity index is 574. The van der Waals surface area contributed by atoms with E-state index in [0.29, 0.717) is 18.0 Å². The highest BCUT2D eigenvalue weighted by molar-refractivity contribution is 5.97. The summed E-state index contributed by atoms with van der Waals surface area (Å²) in [5.41, 5.74) is 6.08. The van der Waals surface area contributed by atoms with E-state index in [1.165, 1.54) is 24.3 Å². The molecule has 1 aromatic rings. The summed E-state index contributed by atoms with van der Waals surface area (Å²) in [4.78, 5) is 24.9. The first-order chi connectivity index (χ1) is 11.4. The molecule has 1 aliphatic rings. The fourth-order valence-electron chi connectivity index (χ4n) is 3.14. The maximum Gasteiger partial charge on any atom is 0.251 e. The second-order valence-corrected chi connectivity index (χ2v) is 6.74. The van der Waals surface area contributed by atoms with Crippen LogP contribution in [-0.4, -0.2) is 30.4 Å². The molecule has 0 radical (unpaired) electrons. The van der Waals surface area contributed by atoms with Crippen molar-refractivity contribution in [2.45, 2.75) is 45.2 Å². The lowest BCUT2D eigenvalue weighted by molar-refractivity contribution is -0.124. The molecule has 0 aromatic heterocycles. The van der Waals surface area contributed by atoms with Gasteiger partial charge < -0.3 is 16.4 Å². The average molecular weight is 335 g/mol. The number of nitrogens with one attached hydrogen (secondary N) is 2. The molecule has 0 heterocycles. The van der Waals surface area contributed by atoms with E-state index >= 15 is 0 Å². The zero-order chi connectivity index (χ0) is 17.7. The van der Waals surface area contributed by atoms with E-state index in [4.69, 9.17) is 5.73 Å². The number of nitrogens with two attached hydrogens (primary N) is 1. The monoisotopic (exact) mass is 335 g/mol. The van der Waals surface area contributed by atoms with E-state index in [1.807, 2.05) is 13.8 Å². The molecule has 2 amide bonds. The number of halogens is 1. The molecule has 2 rings (SSSR count). The highest BCUT2D eigenvalue weighted by Gasteiger charge is 2.31. The average Bonchev–Trinajstić information content (AvgIpc) is 2.99. The fraction of sp³-hybridized carbons (Fsp3) is 0.556. The molecule has 24 heavy (non-hydrogen) atoms. The van der Waals surface area contributed by atoms with Gasteiger partial charge in [0, 0.05) is 11.6 Å². The third-order valence-electron chi connectivity index (χ3n) is 4.63. The number of hydrogen-bond donors (Lipinski definition) is 3. The fourth-order valence-corrected chi connectivity index (χ4v) is 3.14. The first-order valence-corrected chi connectivity index (χ1v) is 8.49. The van der Waals surface area contributed by atoms with Crippen LogP contribution in [-0.2, 0) is 4.79 Å². The standard InChI is InChI=1S/C18H26FN3O2/c1-11(2)16(18(24)21-15-5-3-4-13(15)10-20)22-17(23)12-6-8-14(19)9-7-12/h6-9,11,13,15-16H,3-5,10,20H2,1-2H3,(H,21,24)(H,22,23). The van der Waals surface area contributed by atoms with Gasteiger partial charge in [-0.2, -0.15) is 0 Å². The molecule has 0 saturated heterocycles. The van der Waals surface area contributed by atoms with E-state index in [0.717, 1.165) is 19.3 Å². The molecule has 3 atom stereocenters. The molecule has 1 aliphatic carbocycles. The Labute approximate surface area is 142 Å². The molecule has 1 aromatic carbocycles. The predicted molar refractivity (Wildman–Crippen MR) is 90.8 cm³/mol. The molecule has 6 heteroatoms. The van der Waals surface area contributed by atoms with Crippen molar-refractivity contribution >= 4 is 11.8 Å². The molecule has 132 valence electrons. The lowest BCUT2D eigenvalue weighted by atomic mass is 10.00. The Kier molecular flexibility index (Phi) is 6.31. The molecule has 0 aliphatic heterocycles. The van der Waals surface area contributed by atoms with Crippen LogP contribution in [0.2, 0.25) is 0 Å². The summed E-state index contributed by atoms with van der Waals surface area (Å²) in [5, 5.41) is 5.79. The summed E-state index contributed by atoms with van der Waals surface area (Å²) in [6.07, 6.45) is 3.00. The SMILES string of the molecule is CC(C)C(NC(=O)c1ccc(F)cc1)C(=O)NC1CCCC1CN. The van der Waals surface area contributed by atoms with Crippen molar-refractivity contribution in [1.29, 1.82) is 0 Å². The number of carbonyl (C=O) groups is 2. The van der Waals surface area contributed by atoms with Gasteiger partial charge in [0.05, 0.1) is 0 Å². The van der Waals surface area contributed by atoms with E-state index in [1.54, 1.807) is 0 Å². The Hall–Kier alpha value is -1.95.